The van der Waals surface area contributed by atoms with E-state index >= 15 is 0 Å². The smallest absolute Gasteiger partial charge is 0.337 e. The first-order valence-corrected chi connectivity index (χ1v) is 12.4. The van der Waals surface area contributed by atoms with Crippen molar-refractivity contribution < 1.29 is 27.9 Å². The zero-order valence-electron chi connectivity index (χ0n) is 21.1. The van der Waals surface area contributed by atoms with Gasteiger partial charge in [-0.15, -0.1) is 0 Å². The number of halogens is 1. The third kappa shape index (κ3) is 5.61. The van der Waals surface area contributed by atoms with Crippen LogP contribution in [0, 0.1) is 6.92 Å². The lowest BCUT2D eigenvalue weighted by Gasteiger charge is -2.24. The van der Waals surface area contributed by atoms with Crippen molar-refractivity contribution in [3.8, 4) is 5.75 Å². The predicted molar refractivity (Wildman–Crippen MR) is 140 cm³/mol. The number of hydrogen-bond acceptors (Lipinski definition) is 7. The van der Waals surface area contributed by atoms with Gasteiger partial charge < -0.3 is 24.1 Å². The number of esters is 1. The Morgan fingerprint density at radius 3 is 2.68 bits per heavy atom. The number of carbonyl (C=O) groups is 2. The van der Waals surface area contributed by atoms with Crippen molar-refractivity contribution >= 4 is 34.7 Å². The van der Waals surface area contributed by atoms with Gasteiger partial charge in [-0.25, -0.2) is 9.18 Å². The molecule has 2 heterocycles. The first-order chi connectivity index (χ1) is 18.4. The number of para-hydroxylation sites is 1. The fourth-order valence-corrected chi connectivity index (χ4v) is 4.56. The van der Waals surface area contributed by atoms with Gasteiger partial charge in [0.15, 0.2) is 5.58 Å². The average molecular weight is 518 g/mol. The summed E-state index contributed by atoms with van der Waals surface area (Å²) in [4.78, 5) is 30.8. The summed E-state index contributed by atoms with van der Waals surface area (Å²) in [5.41, 5.74) is 4.36. The number of oxazole rings is 1. The number of alkyl halides is 1. The lowest BCUT2D eigenvalue weighted by molar-refractivity contribution is -0.132. The van der Waals surface area contributed by atoms with Crippen LogP contribution in [0.2, 0.25) is 0 Å². The van der Waals surface area contributed by atoms with Crippen LogP contribution in [0.15, 0.2) is 71.1 Å². The SMILES string of the molecule is COC(=O)c1ccc(OC[C@@H]2C[C@H](F)CN2C(=O)Cc2ccc3nc(Nc4ccccc4C)oc3c2)cc1. The third-order valence-electron chi connectivity index (χ3n) is 6.60. The number of methoxy groups -OCH3 is 1. The average Bonchev–Trinajstić information content (AvgIpc) is 3.50. The first-order valence-electron chi connectivity index (χ1n) is 12.4. The second kappa shape index (κ2) is 10.9. The monoisotopic (exact) mass is 517 g/mol. The van der Waals surface area contributed by atoms with Gasteiger partial charge in [-0.3, -0.25) is 4.79 Å². The minimum atomic E-state index is -1.11. The number of carbonyl (C=O) groups excluding carboxylic acids is 2. The lowest BCUT2D eigenvalue weighted by Crippen LogP contribution is -2.40. The molecule has 8 nitrogen and oxygen atoms in total. The molecule has 1 aromatic heterocycles. The van der Waals surface area contributed by atoms with Crippen molar-refractivity contribution in [2.75, 3.05) is 25.6 Å². The van der Waals surface area contributed by atoms with Crippen LogP contribution in [0.25, 0.3) is 11.1 Å². The molecule has 38 heavy (non-hydrogen) atoms. The van der Waals surface area contributed by atoms with Gasteiger partial charge in [0.2, 0.25) is 5.91 Å². The predicted octanol–water partition coefficient (Wildman–Crippen LogP) is 5.23. The van der Waals surface area contributed by atoms with Crippen LogP contribution < -0.4 is 10.1 Å². The van der Waals surface area contributed by atoms with E-state index in [1.165, 1.54) is 7.11 Å². The van der Waals surface area contributed by atoms with Crippen LogP contribution in [0.4, 0.5) is 16.1 Å². The highest BCUT2D eigenvalue weighted by molar-refractivity contribution is 5.89. The van der Waals surface area contributed by atoms with Crippen LogP contribution in [0.5, 0.6) is 5.75 Å². The minimum absolute atomic E-state index is 0.0309. The van der Waals surface area contributed by atoms with E-state index < -0.39 is 18.2 Å². The normalized spacial score (nSPS) is 17.0. The van der Waals surface area contributed by atoms with Crippen molar-refractivity contribution in [1.29, 1.82) is 0 Å². The molecule has 3 aromatic carbocycles. The highest BCUT2D eigenvalue weighted by Crippen LogP contribution is 2.27. The molecule has 0 aliphatic carbocycles. The summed E-state index contributed by atoms with van der Waals surface area (Å²) < 4.78 is 30.7. The fourth-order valence-electron chi connectivity index (χ4n) is 4.56. The van der Waals surface area contributed by atoms with E-state index in [0.29, 0.717) is 28.4 Å². The molecule has 1 amide bonds. The molecule has 196 valence electrons. The maximum atomic E-state index is 14.3. The maximum absolute atomic E-state index is 14.3. The van der Waals surface area contributed by atoms with E-state index in [2.05, 4.69) is 10.3 Å². The number of ether oxygens (including phenoxy) is 2. The molecule has 0 radical (unpaired) electrons. The summed E-state index contributed by atoms with van der Waals surface area (Å²) in [5, 5.41) is 3.18. The number of hydrogen-bond donors (Lipinski definition) is 1. The topological polar surface area (TPSA) is 93.9 Å². The Kier molecular flexibility index (Phi) is 7.26. The molecule has 2 atom stereocenters. The maximum Gasteiger partial charge on any atom is 0.337 e. The number of aryl methyl sites for hydroxylation is 1. The van der Waals surface area contributed by atoms with Crippen molar-refractivity contribution in [3.05, 3.63) is 83.4 Å². The summed E-state index contributed by atoms with van der Waals surface area (Å²) in [7, 11) is 1.32. The van der Waals surface area contributed by atoms with Crippen LogP contribution in [-0.2, 0) is 16.0 Å². The molecule has 0 saturated carbocycles. The minimum Gasteiger partial charge on any atom is -0.491 e. The van der Waals surface area contributed by atoms with E-state index in [-0.39, 0.29) is 31.9 Å². The summed E-state index contributed by atoms with van der Waals surface area (Å²) in [6.45, 7) is 2.18. The Morgan fingerprint density at radius 1 is 1.13 bits per heavy atom. The van der Waals surface area contributed by atoms with Gasteiger partial charge in [-0.2, -0.15) is 4.98 Å². The van der Waals surface area contributed by atoms with Gasteiger partial charge in [0, 0.05) is 12.1 Å². The van der Waals surface area contributed by atoms with Gasteiger partial charge in [0.05, 0.1) is 31.7 Å². The number of aromatic nitrogens is 1. The molecule has 0 unspecified atom stereocenters. The Morgan fingerprint density at radius 2 is 1.92 bits per heavy atom. The van der Waals surface area contributed by atoms with E-state index in [1.54, 1.807) is 35.2 Å². The lowest BCUT2D eigenvalue weighted by atomic mass is 10.1. The number of nitrogens with zero attached hydrogens (tertiary/aromatic N) is 2. The summed E-state index contributed by atoms with van der Waals surface area (Å²) in [5.74, 6) is -0.0955. The van der Waals surface area contributed by atoms with Crippen molar-refractivity contribution in [2.24, 2.45) is 0 Å². The quantitative estimate of drug-likeness (QED) is 0.320. The molecule has 1 saturated heterocycles. The van der Waals surface area contributed by atoms with Crippen LogP contribution >= 0.6 is 0 Å². The van der Waals surface area contributed by atoms with Gasteiger partial charge in [-0.05, 0) is 60.5 Å². The second-order valence-corrected chi connectivity index (χ2v) is 9.30. The van der Waals surface area contributed by atoms with E-state index in [1.807, 2.05) is 43.3 Å². The number of fused-ring (bicyclic) bond motifs is 1. The number of rotatable bonds is 8. The fraction of sp³-hybridized carbons (Fsp3) is 0.276. The Labute approximate surface area is 219 Å². The van der Waals surface area contributed by atoms with Crippen molar-refractivity contribution in [3.63, 3.8) is 0 Å². The van der Waals surface area contributed by atoms with Gasteiger partial charge in [0.1, 0.15) is 24.0 Å². The van der Waals surface area contributed by atoms with Crippen molar-refractivity contribution in [1.82, 2.24) is 9.88 Å². The molecular weight excluding hydrogens is 489 g/mol. The Hall–Kier alpha value is -4.40. The van der Waals surface area contributed by atoms with Gasteiger partial charge in [-0.1, -0.05) is 24.3 Å². The molecule has 0 bridgehead atoms. The van der Waals surface area contributed by atoms with E-state index in [9.17, 15) is 14.0 Å². The molecule has 5 rings (SSSR count). The number of likely N-dealkylation sites (tertiary alicyclic amines) is 1. The molecule has 1 N–H and O–H groups in total. The van der Waals surface area contributed by atoms with Gasteiger partial charge >= 0.3 is 5.97 Å². The second-order valence-electron chi connectivity index (χ2n) is 9.30. The molecule has 1 aliphatic heterocycles. The zero-order valence-corrected chi connectivity index (χ0v) is 21.1. The standard InChI is InChI=1S/C29H28FN3O5/c1-18-5-3-4-6-24(18)31-29-32-25-12-7-19(13-26(25)38-29)14-27(34)33-16-21(30)15-22(33)17-37-23-10-8-20(9-11-23)28(35)36-2/h3-13,21-22H,14-17H2,1-2H3,(H,31,32)/t21-,22-/m0/s1. The Balaban J connectivity index is 1.22. The molecule has 4 aromatic rings. The number of anilines is 2. The molecule has 0 spiro atoms. The highest BCUT2D eigenvalue weighted by atomic mass is 19.1. The highest BCUT2D eigenvalue weighted by Gasteiger charge is 2.35. The van der Waals surface area contributed by atoms with E-state index in [4.69, 9.17) is 13.9 Å². The van der Waals surface area contributed by atoms with Crippen LogP contribution in [-0.4, -0.2) is 54.2 Å². The number of amides is 1. The van der Waals surface area contributed by atoms with Crippen LogP contribution in [0.3, 0.4) is 0 Å². The van der Waals surface area contributed by atoms with Crippen molar-refractivity contribution in [2.45, 2.75) is 32.0 Å². The number of nitrogens with one attached hydrogen (secondary N) is 1. The molecule has 1 aliphatic rings. The zero-order chi connectivity index (χ0) is 26.6. The largest absolute Gasteiger partial charge is 0.491 e. The Bertz CT molecular complexity index is 1450. The third-order valence-corrected chi connectivity index (χ3v) is 6.60. The summed E-state index contributed by atoms with van der Waals surface area (Å²) in [6, 6.07) is 19.7. The summed E-state index contributed by atoms with van der Waals surface area (Å²) >= 11 is 0. The molecule has 9 heteroatoms. The van der Waals surface area contributed by atoms with Gasteiger partial charge in [0.25, 0.3) is 6.01 Å². The molecular formula is C29H28FN3O5. The number of benzene rings is 3. The summed E-state index contributed by atoms with van der Waals surface area (Å²) in [6.07, 6.45) is -0.795. The van der Waals surface area contributed by atoms with Crippen LogP contribution in [0.1, 0.15) is 27.9 Å². The first kappa shape index (κ1) is 25.3. The molecule has 1 fully saturated rings. The van der Waals surface area contributed by atoms with E-state index in [0.717, 1.165) is 16.8 Å².